The Morgan fingerprint density at radius 3 is 1.95 bits per heavy atom. The Hall–Kier alpha value is -0.810. The van der Waals surface area contributed by atoms with Crippen molar-refractivity contribution in [3.8, 4) is 0 Å². The van der Waals surface area contributed by atoms with Crippen molar-refractivity contribution in [3.05, 3.63) is 0 Å². The van der Waals surface area contributed by atoms with E-state index in [4.69, 9.17) is 4.74 Å². The number of piperidine rings is 2. The van der Waals surface area contributed by atoms with Crippen LogP contribution in [-0.2, 0) is 4.74 Å². The number of hydrogen-bond donors (Lipinski definition) is 3. The number of rotatable bonds is 1. The van der Waals surface area contributed by atoms with Gasteiger partial charge in [0.15, 0.2) is 0 Å². The van der Waals surface area contributed by atoms with Gasteiger partial charge < -0.3 is 20.7 Å². The van der Waals surface area contributed by atoms with Crippen LogP contribution in [-0.4, -0.2) is 43.9 Å². The van der Waals surface area contributed by atoms with E-state index in [9.17, 15) is 4.79 Å². The van der Waals surface area contributed by atoms with Crippen LogP contribution in [0.2, 0.25) is 0 Å². The molecule has 2 aliphatic rings. The summed E-state index contributed by atoms with van der Waals surface area (Å²) in [7, 11) is 0. The zero-order chi connectivity index (χ0) is 14.8. The van der Waals surface area contributed by atoms with Gasteiger partial charge in [-0.3, -0.25) is 0 Å². The number of hydrogen-bond acceptors (Lipinski definition) is 4. The lowest BCUT2D eigenvalue weighted by atomic mass is 10.1. The lowest BCUT2D eigenvalue weighted by Gasteiger charge is -2.26. The van der Waals surface area contributed by atoms with Crippen molar-refractivity contribution >= 4 is 6.09 Å². The highest BCUT2D eigenvalue weighted by molar-refractivity contribution is 5.68. The molecule has 118 valence electrons. The summed E-state index contributed by atoms with van der Waals surface area (Å²) in [5.74, 6) is 0. The van der Waals surface area contributed by atoms with Crippen molar-refractivity contribution in [1.82, 2.24) is 16.0 Å². The Kier molecular flexibility index (Phi) is 7.92. The van der Waals surface area contributed by atoms with Crippen molar-refractivity contribution in [3.63, 3.8) is 0 Å². The quantitative estimate of drug-likeness (QED) is 0.690. The van der Waals surface area contributed by atoms with E-state index < -0.39 is 5.60 Å². The zero-order valence-electron chi connectivity index (χ0n) is 13.3. The van der Waals surface area contributed by atoms with Crippen molar-refractivity contribution in [2.45, 2.75) is 64.5 Å². The molecule has 0 aliphatic carbocycles. The van der Waals surface area contributed by atoms with E-state index in [0.717, 1.165) is 25.9 Å². The molecule has 0 aromatic rings. The Balaban J connectivity index is 0.000000276. The number of carbonyl (C=O) groups excluding carboxylic acids is 1. The van der Waals surface area contributed by atoms with Crippen LogP contribution in [0.1, 0.15) is 52.9 Å². The summed E-state index contributed by atoms with van der Waals surface area (Å²) in [6, 6.07) is 0.270. The molecule has 20 heavy (non-hydrogen) atoms. The maximum absolute atomic E-state index is 11.4. The Morgan fingerprint density at radius 2 is 1.55 bits per heavy atom. The predicted molar refractivity (Wildman–Crippen MR) is 82.0 cm³/mol. The van der Waals surface area contributed by atoms with Crippen molar-refractivity contribution in [1.29, 1.82) is 0 Å². The van der Waals surface area contributed by atoms with Crippen molar-refractivity contribution in [2.24, 2.45) is 0 Å². The molecule has 3 N–H and O–H groups in total. The fraction of sp³-hybridized carbons (Fsp3) is 0.933. The van der Waals surface area contributed by atoms with Crippen LogP contribution in [0.3, 0.4) is 0 Å². The smallest absolute Gasteiger partial charge is 0.407 e. The highest BCUT2D eigenvalue weighted by Crippen LogP contribution is 2.08. The van der Waals surface area contributed by atoms with E-state index in [1.54, 1.807) is 0 Å². The second kappa shape index (κ2) is 9.19. The summed E-state index contributed by atoms with van der Waals surface area (Å²) < 4.78 is 5.17. The first-order chi connectivity index (χ1) is 9.47. The van der Waals surface area contributed by atoms with Crippen molar-refractivity contribution < 1.29 is 9.53 Å². The molecule has 0 atom stereocenters. The fourth-order valence-electron chi connectivity index (χ4n) is 2.24. The largest absolute Gasteiger partial charge is 0.444 e. The van der Waals surface area contributed by atoms with Crippen molar-refractivity contribution in [2.75, 3.05) is 26.2 Å². The van der Waals surface area contributed by atoms with E-state index in [1.165, 1.54) is 32.4 Å². The van der Waals surface area contributed by atoms with Crippen LogP contribution in [0, 0.1) is 0 Å². The number of nitrogens with one attached hydrogen (secondary N) is 3. The molecule has 2 heterocycles. The third kappa shape index (κ3) is 9.15. The first-order valence-electron chi connectivity index (χ1n) is 7.88. The van der Waals surface area contributed by atoms with E-state index in [1.807, 2.05) is 20.8 Å². The van der Waals surface area contributed by atoms with Gasteiger partial charge in [0.1, 0.15) is 5.60 Å². The highest BCUT2D eigenvalue weighted by Gasteiger charge is 2.20. The van der Waals surface area contributed by atoms with E-state index in [0.29, 0.717) is 0 Å². The van der Waals surface area contributed by atoms with Crippen LogP contribution >= 0.6 is 0 Å². The second-order valence-electron chi connectivity index (χ2n) is 6.48. The van der Waals surface area contributed by atoms with Gasteiger partial charge in [-0.05, 0) is 72.6 Å². The lowest BCUT2D eigenvalue weighted by Crippen LogP contribution is -2.44. The van der Waals surface area contributed by atoms with Gasteiger partial charge >= 0.3 is 6.09 Å². The van der Waals surface area contributed by atoms with Gasteiger partial charge in [0, 0.05) is 6.04 Å². The number of alkyl carbamates (subject to hydrolysis) is 1. The summed E-state index contributed by atoms with van der Waals surface area (Å²) >= 11 is 0. The minimum absolute atomic E-state index is 0.270. The summed E-state index contributed by atoms with van der Waals surface area (Å²) in [5, 5.41) is 9.40. The number of carbonyl (C=O) groups is 1. The lowest BCUT2D eigenvalue weighted by molar-refractivity contribution is 0.0495. The monoisotopic (exact) mass is 285 g/mol. The van der Waals surface area contributed by atoms with Crippen LogP contribution in [0.4, 0.5) is 4.79 Å². The summed E-state index contributed by atoms with van der Waals surface area (Å²) in [4.78, 5) is 11.4. The number of ether oxygens (including phenoxy) is 1. The molecule has 0 radical (unpaired) electrons. The van der Waals surface area contributed by atoms with Crippen LogP contribution in [0.5, 0.6) is 0 Å². The molecular weight excluding hydrogens is 254 g/mol. The van der Waals surface area contributed by atoms with E-state index in [2.05, 4.69) is 16.0 Å². The first-order valence-corrected chi connectivity index (χ1v) is 7.88. The molecular formula is C15H31N3O2. The number of amides is 1. The standard InChI is InChI=1S/C10H20N2O2.C5H11N/c1-10(2,3)14-9(13)12-8-4-6-11-7-5-8;1-2-4-6-5-3-1/h8,11H,4-7H2,1-3H3,(H,12,13);6H,1-5H2. The summed E-state index contributed by atoms with van der Waals surface area (Å²) in [6.07, 6.45) is 5.88. The fourth-order valence-corrected chi connectivity index (χ4v) is 2.24. The van der Waals surface area contributed by atoms with Gasteiger partial charge in [0.2, 0.25) is 0 Å². The summed E-state index contributed by atoms with van der Waals surface area (Å²) in [5.41, 5.74) is -0.406. The maximum atomic E-state index is 11.4. The third-order valence-electron chi connectivity index (χ3n) is 3.27. The molecule has 2 fully saturated rings. The van der Waals surface area contributed by atoms with Gasteiger partial charge in [0.05, 0.1) is 0 Å². The van der Waals surface area contributed by atoms with Gasteiger partial charge in [0.25, 0.3) is 0 Å². The SMILES string of the molecule is C1CCNCC1.CC(C)(C)OC(=O)NC1CCNCC1. The van der Waals surface area contributed by atoms with Crippen LogP contribution < -0.4 is 16.0 Å². The Labute approximate surface area is 123 Å². The molecule has 2 saturated heterocycles. The molecule has 0 aromatic carbocycles. The maximum Gasteiger partial charge on any atom is 0.407 e. The van der Waals surface area contributed by atoms with Gasteiger partial charge in [-0.1, -0.05) is 6.42 Å². The second-order valence-corrected chi connectivity index (χ2v) is 6.48. The van der Waals surface area contributed by atoms with Crippen LogP contribution in [0.15, 0.2) is 0 Å². The van der Waals surface area contributed by atoms with E-state index in [-0.39, 0.29) is 12.1 Å². The minimum atomic E-state index is -0.406. The van der Waals surface area contributed by atoms with Crippen LogP contribution in [0.25, 0.3) is 0 Å². The van der Waals surface area contributed by atoms with Gasteiger partial charge in [-0.2, -0.15) is 0 Å². The van der Waals surface area contributed by atoms with Gasteiger partial charge in [-0.15, -0.1) is 0 Å². The molecule has 1 amide bonds. The minimum Gasteiger partial charge on any atom is -0.444 e. The Morgan fingerprint density at radius 1 is 1.00 bits per heavy atom. The highest BCUT2D eigenvalue weighted by atomic mass is 16.6. The van der Waals surface area contributed by atoms with Gasteiger partial charge in [-0.25, -0.2) is 4.79 Å². The zero-order valence-corrected chi connectivity index (χ0v) is 13.3. The molecule has 0 unspecified atom stereocenters. The molecule has 2 aliphatic heterocycles. The predicted octanol–water partition coefficient (Wildman–Crippen LogP) is 2.02. The summed E-state index contributed by atoms with van der Waals surface area (Å²) in [6.45, 7) is 10.1. The average Bonchev–Trinajstić information content (AvgIpc) is 2.40. The molecule has 5 heteroatoms. The molecule has 2 rings (SSSR count). The molecule has 0 saturated carbocycles. The normalized spacial score (nSPS) is 20.6. The van der Waals surface area contributed by atoms with E-state index >= 15 is 0 Å². The average molecular weight is 285 g/mol. The molecule has 0 aromatic heterocycles. The first kappa shape index (κ1) is 17.2. The molecule has 0 spiro atoms. The Bertz CT molecular complexity index is 255. The topological polar surface area (TPSA) is 62.4 Å². The third-order valence-corrected chi connectivity index (χ3v) is 3.27. The molecule has 5 nitrogen and oxygen atoms in total. The molecule has 0 bridgehead atoms.